The summed E-state index contributed by atoms with van der Waals surface area (Å²) in [6.07, 6.45) is 0. The molecule has 0 N–H and O–H groups in total. The van der Waals surface area contributed by atoms with Gasteiger partial charge in [0.1, 0.15) is 16.7 Å². The molecule has 0 fully saturated rings. The van der Waals surface area contributed by atoms with E-state index in [1.54, 1.807) is 0 Å². The van der Waals surface area contributed by atoms with Gasteiger partial charge >= 0.3 is 0 Å². The van der Waals surface area contributed by atoms with E-state index in [1.807, 2.05) is 48.5 Å². The molecule has 2 heterocycles. The molecule has 0 bridgehead atoms. The second-order valence-corrected chi connectivity index (χ2v) is 14.4. The number of benzene rings is 9. The van der Waals surface area contributed by atoms with E-state index in [1.165, 1.54) is 27.5 Å². The van der Waals surface area contributed by atoms with Crippen molar-refractivity contribution in [3.05, 3.63) is 206 Å². The molecular weight excluding hydrogens is 697 g/mol. The van der Waals surface area contributed by atoms with Gasteiger partial charge in [-0.2, -0.15) is 0 Å². The van der Waals surface area contributed by atoms with E-state index in [2.05, 4.69) is 163 Å². The van der Waals surface area contributed by atoms with Gasteiger partial charge in [0.25, 0.3) is 0 Å². The van der Waals surface area contributed by atoms with E-state index >= 15 is 0 Å². The van der Waals surface area contributed by atoms with Crippen LogP contribution in [0.4, 0.5) is 17.1 Å². The van der Waals surface area contributed by atoms with Gasteiger partial charge in [-0.3, -0.25) is 0 Å². The first-order chi connectivity index (χ1) is 28.2. The van der Waals surface area contributed by atoms with Gasteiger partial charge in [-0.15, -0.1) is 0 Å². The number of anilines is 3. The molecule has 11 aromatic rings. The van der Waals surface area contributed by atoms with Gasteiger partial charge in [-0.05, 0) is 99.3 Å². The summed E-state index contributed by atoms with van der Waals surface area (Å²) in [6, 6.07) is 72.4. The van der Waals surface area contributed by atoms with E-state index in [-0.39, 0.29) is 0 Å². The monoisotopic (exact) mass is 730 g/mol. The summed E-state index contributed by atoms with van der Waals surface area (Å²) in [7, 11) is 0. The number of rotatable bonds is 7. The second kappa shape index (κ2) is 13.6. The predicted octanol–water partition coefficient (Wildman–Crippen LogP) is 15.0. The SMILES string of the molecule is c1ccc(-c2ccc(N(c3ccc(-c4c5nc(-c6ccccc6)oc5cc5oc6ccccc6c45)cc3)c3cccc(-c4ccc5ccccc5c4)c3)cc2)cc1. The van der Waals surface area contributed by atoms with Crippen molar-refractivity contribution in [3.63, 3.8) is 0 Å². The summed E-state index contributed by atoms with van der Waals surface area (Å²) in [5, 5.41) is 4.52. The van der Waals surface area contributed by atoms with Crippen LogP contribution < -0.4 is 4.90 Å². The minimum Gasteiger partial charge on any atom is -0.456 e. The predicted molar refractivity (Wildman–Crippen MR) is 235 cm³/mol. The highest BCUT2D eigenvalue weighted by atomic mass is 16.4. The molecule has 2 aromatic heterocycles. The van der Waals surface area contributed by atoms with Gasteiger partial charge in [0.05, 0.1) is 0 Å². The van der Waals surface area contributed by atoms with E-state index in [4.69, 9.17) is 13.8 Å². The first-order valence-electron chi connectivity index (χ1n) is 19.2. The maximum atomic E-state index is 6.43. The molecule has 0 aliphatic carbocycles. The molecule has 0 radical (unpaired) electrons. The Balaban J connectivity index is 1.06. The molecule has 0 saturated carbocycles. The summed E-state index contributed by atoms with van der Waals surface area (Å²) in [5.41, 5.74) is 13.9. The summed E-state index contributed by atoms with van der Waals surface area (Å²) >= 11 is 0. The Labute approximate surface area is 329 Å². The minimum absolute atomic E-state index is 0.580. The fourth-order valence-electron chi connectivity index (χ4n) is 8.11. The van der Waals surface area contributed by atoms with E-state index < -0.39 is 0 Å². The quantitative estimate of drug-likeness (QED) is 0.164. The molecule has 0 saturated heterocycles. The average Bonchev–Trinajstić information content (AvgIpc) is 3.88. The van der Waals surface area contributed by atoms with Gasteiger partial charge < -0.3 is 13.7 Å². The lowest BCUT2D eigenvalue weighted by molar-refractivity contribution is 0.617. The van der Waals surface area contributed by atoms with Crippen molar-refractivity contribution in [2.24, 2.45) is 0 Å². The Bertz CT molecular complexity index is 3220. The maximum Gasteiger partial charge on any atom is 0.227 e. The molecule has 0 atom stereocenters. The number of oxazole rings is 1. The highest BCUT2D eigenvalue weighted by Gasteiger charge is 2.22. The smallest absolute Gasteiger partial charge is 0.227 e. The standard InChI is InChI=1S/C53H34N2O2/c1-3-12-35(13-4-1)37-24-28-43(29-25-37)55(45-19-11-18-41(33-45)42-23-22-36-14-7-8-17-40(36)32-42)44-30-26-38(27-31-44)50-51-46-20-9-10-21-47(46)56-48(51)34-49-52(50)54-53(57-49)39-15-5-2-6-16-39/h1-34H. The molecule has 268 valence electrons. The Morgan fingerprint density at radius 1 is 0.351 bits per heavy atom. The van der Waals surface area contributed by atoms with Crippen LogP contribution in [0.25, 0.3) is 88.6 Å². The van der Waals surface area contributed by atoms with Crippen molar-refractivity contribution < 1.29 is 8.83 Å². The molecule has 0 spiro atoms. The van der Waals surface area contributed by atoms with Crippen molar-refractivity contribution >= 4 is 60.9 Å². The van der Waals surface area contributed by atoms with Gasteiger partial charge in [-0.1, -0.05) is 140 Å². The third-order valence-corrected chi connectivity index (χ3v) is 10.9. The average molecular weight is 731 g/mol. The second-order valence-electron chi connectivity index (χ2n) is 14.4. The molecule has 11 rings (SSSR count). The molecule has 0 aliphatic heterocycles. The van der Waals surface area contributed by atoms with Crippen molar-refractivity contribution in [1.82, 2.24) is 4.98 Å². The molecular formula is C53H34N2O2. The zero-order valence-electron chi connectivity index (χ0n) is 30.8. The number of nitrogens with zero attached hydrogens (tertiary/aromatic N) is 2. The molecule has 0 amide bonds. The number of aromatic nitrogens is 1. The summed E-state index contributed by atoms with van der Waals surface area (Å²) in [5.74, 6) is 0.580. The molecule has 0 aliphatic rings. The number of hydrogen-bond donors (Lipinski definition) is 0. The van der Waals surface area contributed by atoms with E-state index in [0.29, 0.717) is 11.5 Å². The molecule has 4 nitrogen and oxygen atoms in total. The lowest BCUT2D eigenvalue weighted by Gasteiger charge is -2.26. The van der Waals surface area contributed by atoms with Crippen molar-refractivity contribution in [2.45, 2.75) is 0 Å². The lowest BCUT2D eigenvalue weighted by Crippen LogP contribution is -2.10. The van der Waals surface area contributed by atoms with Crippen LogP contribution >= 0.6 is 0 Å². The van der Waals surface area contributed by atoms with E-state index in [9.17, 15) is 0 Å². The Hall–Kier alpha value is -7.69. The number of furan rings is 1. The highest BCUT2D eigenvalue weighted by molar-refractivity contribution is 6.19. The van der Waals surface area contributed by atoms with Crippen LogP contribution in [-0.2, 0) is 0 Å². The molecule has 57 heavy (non-hydrogen) atoms. The number of hydrogen-bond acceptors (Lipinski definition) is 4. The van der Waals surface area contributed by atoms with Crippen LogP contribution in [0, 0.1) is 0 Å². The highest BCUT2D eigenvalue weighted by Crippen LogP contribution is 2.44. The Kier molecular flexibility index (Phi) is 7.78. The summed E-state index contributed by atoms with van der Waals surface area (Å²) in [6.45, 7) is 0. The minimum atomic E-state index is 0.580. The van der Waals surface area contributed by atoms with Crippen LogP contribution in [0.5, 0.6) is 0 Å². The third kappa shape index (κ3) is 5.83. The molecule has 4 heteroatoms. The van der Waals surface area contributed by atoms with Gasteiger partial charge in [0, 0.05) is 45.0 Å². The summed E-state index contributed by atoms with van der Waals surface area (Å²) < 4.78 is 12.9. The van der Waals surface area contributed by atoms with Gasteiger partial charge in [0.15, 0.2) is 5.58 Å². The first kappa shape index (κ1) is 32.7. The molecule has 9 aromatic carbocycles. The third-order valence-electron chi connectivity index (χ3n) is 10.9. The number of para-hydroxylation sites is 1. The van der Waals surface area contributed by atoms with Crippen LogP contribution in [-0.4, -0.2) is 4.98 Å². The zero-order chi connectivity index (χ0) is 37.7. The van der Waals surface area contributed by atoms with Gasteiger partial charge in [0.2, 0.25) is 5.89 Å². The van der Waals surface area contributed by atoms with Crippen LogP contribution in [0.1, 0.15) is 0 Å². The fourth-order valence-corrected chi connectivity index (χ4v) is 8.11. The van der Waals surface area contributed by atoms with Crippen LogP contribution in [0.3, 0.4) is 0 Å². The summed E-state index contributed by atoms with van der Waals surface area (Å²) in [4.78, 5) is 7.45. The zero-order valence-corrected chi connectivity index (χ0v) is 30.8. The lowest BCUT2D eigenvalue weighted by atomic mass is 9.97. The van der Waals surface area contributed by atoms with Crippen molar-refractivity contribution in [2.75, 3.05) is 4.90 Å². The van der Waals surface area contributed by atoms with Crippen LogP contribution in [0.2, 0.25) is 0 Å². The Morgan fingerprint density at radius 2 is 0.947 bits per heavy atom. The fraction of sp³-hybridized carbons (Fsp3) is 0. The van der Waals surface area contributed by atoms with Crippen molar-refractivity contribution in [3.8, 4) is 44.8 Å². The van der Waals surface area contributed by atoms with Crippen molar-refractivity contribution in [1.29, 1.82) is 0 Å². The largest absolute Gasteiger partial charge is 0.456 e. The van der Waals surface area contributed by atoms with Crippen LogP contribution in [0.15, 0.2) is 215 Å². The molecule has 0 unspecified atom stereocenters. The normalized spacial score (nSPS) is 11.5. The number of fused-ring (bicyclic) bond motifs is 5. The van der Waals surface area contributed by atoms with Gasteiger partial charge in [-0.25, -0.2) is 4.98 Å². The topological polar surface area (TPSA) is 42.4 Å². The van der Waals surface area contributed by atoms with E-state index in [0.717, 1.165) is 66.8 Å². The maximum absolute atomic E-state index is 6.43. The first-order valence-corrected chi connectivity index (χ1v) is 19.2. The Morgan fingerprint density at radius 3 is 1.72 bits per heavy atom.